The summed E-state index contributed by atoms with van der Waals surface area (Å²) >= 11 is 7.31. The maximum atomic E-state index is 12.3. The Morgan fingerprint density at radius 2 is 1.79 bits per heavy atom. The van der Waals surface area contributed by atoms with Crippen LogP contribution in [0.15, 0.2) is 42.5 Å². The molecule has 0 saturated heterocycles. The molecule has 8 heteroatoms. The first kappa shape index (κ1) is 21.9. The molecule has 1 atom stereocenters. The summed E-state index contributed by atoms with van der Waals surface area (Å²) in [4.78, 5) is 24.4. The number of carbonyl (C=O) groups is 2. The third-order valence-corrected chi connectivity index (χ3v) is 5.14. The summed E-state index contributed by atoms with van der Waals surface area (Å²) in [5.41, 5.74) is 1.25. The molecule has 0 bridgehead atoms. The molecule has 6 nitrogen and oxygen atoms in total. The second kappa shape index (κ2) is 10.8. The quantitative estimate of drug-likeness (QED) is 0.624. The Morgan fingerprint density at radius 3 is 2.39 bits per heavy atom. The molecule has 0 radical (unpaired) electrons. The molecule has 2 rings (SSSR count). The van der Waals surface area contributed by atoms with Crippen molar-refractivity contribution >= 4 is 46.6 Å². The van der Waals surface area contributed by atoms with Crippen molar-refractivity contribution in [3.63, 3.8) is 0 Å². The van der Waals surface area contributed by atoms with E-state index in [2.05, 4.69) is 10.6 Å². The van der Waals surface area contributed by atoms with Crippen LogP contribution in [0.25, 0.3) is 0 Å². The van der Waals surface area contributed by atoms with Crippen LogP contribution in [0.1, 0.15) is 13.8 Å². The molecule has 2 N–H and O–H groups in total. The molecule has 0 fully saturated rings. The van der Waals surface area contributed by atoms with Crippen molar-refractivity contribution in [2.75, 3.05) is 30.1 Å². The van der Waals surface area contributed by atoms with E-state index in [4.69, 9.17) is 21.1 Å². The minimum atomic E-state index is -0.410. The highest BCUT2D eigenvalue weighted by Gasteiger charge is 2.16. The topological polar surface area (TPSA) is 76.7 Å². The van der Waals surface area contributed by atoms with Crippen molar-refractivity contribution in [3.05, 3.63) is 47.5 Å². The molecule has 28 heavy (non-hydrogen) atoms. The van der Waals surface area contributed by atoms with E-state index in [1.165, 1.54) is 18.9 Å². The average Bonchev–Trinajstić information content (AvgIpc) is 2.68. The zero-order chi connectivity index (χ0) is 20.5. The van der Waals surface area contributed by atoms with Crippen LogP contribution >= 0.6 is 23.4 Å². The van der Waals surface area contributed by atoms with Gasteiger partial charge in [0.15, 0.2) is 0 Å². The van der Waals surface area contributed by atoms with Crippen LogP contribution < -0.4 is 20.1 Å². The molecule has 0 spiro atoms. The molecule has 150 valence electrons. The number of nitrogens with one attached hydrogen (secondary N) is 2. The second-order valence-electron chi connectivity index (χ2n) is 5.80. The van der Waals surface area contributed by atoms with Gasteiger partial charge in [0.2, 0.25) is 11.8 Å². The molecule has 0 aliphatic rings. The summed E-state index contributed by atoms with van der Waals surface area (Å²) in [6, 6.07) is 12.1. The van der Waals surface area contributed by atoms with Gasteiger partial charge in [-0.3, -0.25) is 9.59 Å². The first-order valence-electron chi connectivity index (χ1n) is 8.71. The van der Waals surface area contributed by atoms with E-state index in [-0.39, 0.29) is 17.6 Å². The lowest BCUT2D eigenvalue weighted by molar-refractivity contribution is -0.115. The molecule has 0 saturated carbocycles. The summed E-state index contributed by atoms with van der Waals surface area (Å²) in [5, 5.41) is 5.58. The molecular weight excluding hydrogens is 400 g/mol. The van der Waals surface area contributed by atoms with E-state index >= 15 is 0 Å². The molecule has 2 aromatic carbocycles. The minimum absolute atomic E-state index is 0.158. The van der Waals surface area contributed by atoms with Gasteiger partial charge in [-0.2, -0.15) is 0 Å². The van der Waals surface area contributed by atoms with Crippen LogP contribution in [0.4, 0.5) is 11.4 Å². The van der Waals surface area contributed by atoms with E-state index in [1.807, 2.05) is 6.92 Å². The fourth-order valence-corrected chi connectivity index (χ4v) is 3.20. The Labute approximate surface area is 173 Å². The number of anilines is 2. The number of hydrogen-bond donors (Lipinski definition) is 2. The number of ether oxygens (including phenoxy) is 2. The summed E-state index contributed by atoms with van der Waals surface area (Å²) in [7, 11) is 1.52. The van der Waals surface area contributed by atoms with Gasteiger partial charge in [-0.1, -0.05) is 11.6 Å². The number of amides is 2. The second-order valence-corrected chi connectivity index (χ2v) is 7.53. The predicted octanol–water partition coefficient (Wildman–Crippen LogP) is 4.45. The Morgan fingerprint density at radius 1 is 1.11 bits per heavy atom. The molecule has 2 aromatic rings. The number of thioether (sulfide) groups is 1. The number of carbonyl (C=O) groups excluding carboxylic acids is 2. The first-order chi connectivity index (χ1) is 13.4. The van der Waals surface area contributed by atoms with Crippen LogP contribution in [0, 0.1) is 0 Å². The monoisotopic (exact) mass is 422 g/mol. The van der Waals surface area contributed by atoms with Crippen molar-refractivity contribution in [2.24, 2.45) is 0 Å². The Balaban J connectivity index is 1.80. The van der Waals surface area contributed by atoms with Crippen LogP contribution in [0.3, 0.4) is 0 Å². The van der Waals surface area contributed by atoms with Gasteiger partial charge in [0, 0.05) is 11.4 Å². The number of halogens is 1. The first-order valence-corrected chi connectivity index (χ1v) is 10.1. The van der Waals surface area contributed by atoms with Gasteiger partial charge in [-0.05, 0) is 56.3 Å². The number of hydrogen-bond acceptors (Lipinski definition) is 5. The Hall–Kier alpha value is -2.38. The summed E-state index contributed by atoms with van der Waals surface area (Å²) in [6.07, 6.45) is 0. The van der Waals surface area contributed by atoms with Gasteiger partial charge in [-0.25, -0.2) is 0 Å². The van der Waals surface area contributed by atoms with Gasteiger partial charge in [-0.15, -0.1) is 11.8 Å². The van der Waals surface area contributed by atoms with E-state index in [1.54, 1.807) is 49.4 Å². The zero-order valence-corrected chi connectivity index (χ0v) is 17.5. The number of rotatable bonds is 9. The van der Waals surface area contributed by atoms with Crippen LogP contribution in [-0.2, 0) is 9.59 Å². The summed E-state index contributed by atoms with van der Waals surface area (Å²) in [6.45, 7) is 4.24. The molecule has 0 aliphatic carbocycles. The normalized spacial score (nSPS) is 11.4. The lowest BCUT2D eigenvalue weighted by Gasteiger charge is -2.13. The highest BCUT2D eigenvalue weighted by atomic mass is 35.5. The molecule has 2 amide bonds. The van der Waals surface area contributed by atoms with Crippen molar-refractivity contribution in [1.29, 1.82) is 0 Å². The van der Waals surface area contributed by atoms with Crippen LogP contribution in [-0.4, -0.2) is 36.5 Å². The highest BCUT2D eigenvalue weighted by molar-refractivity contribution is 8.01. The Bertz CT molecular complexity index is 814. The van der Waals surface area contributed by atoms with Crippen LogP contribution in [0.5, 0.6) is 11.5 Å². The maximum absolute atomic E-state index is 12.3. The lowest BCUT2D eigenvalue weighted by Crippen LogP contribution is -2.25. The van der Waals surface area contributed by atoms with Gasteiger partial charge in [0.1, 0.15) is 11.5 Å². The van der Waals surface area contributed by atoms with Gasteiger partial charge < -0.3 is 20.1 Å². The third-order valence-electron chi connectivity index (χ3n) is 3.70. The van der Waals surface area contributed by atoms with Gasteiger partial charge in [0.25, 0.3) is 0 Å². The van der Waals surface area contributed by atoms with Crippen LogP contribution in [0.2, 0.25) is 5.02 Å². The Kier molecular flexibility index (Phi) is 8.47. The number of benzene rings is 2. The van der Waals surface area contributed by atoms with E-state index in [0.717, 1.165) is 5.75 Å². The average molecular weight is 423 g/mol. The van der Waals surface area contributed by atoms with Gasteiger partial charge >= 0.3 is 0 Å². The molecule has 0 heterocycles. The van der Waals surface area contributed by atoms with Gasteiger partial charge in [0.05, 0.1) is 29.7 Å². The van der Waals surface area contributed by atoms with Crippen molar-refractivity contribution < 1.29 is 19.1 Å². The maximum Gasteiger partial charge on any atom is 0.237 e. The lowest BCUT2D eigenvalue weighted by atomic mass is 10.3. The van der Waals surface area contributed by atoms with E-state index in [0.29, 0.717) is 28.8 Å². The van der Waals surface area contributed by atoms with Crippen molar-refractivity contribution in [3.8, 4) is 11.5 Å². The van der Waals surface area contributed by atoms with E-state index in [9.17, 15) is 9.59 Å². The standard InChI is InChI=1S/C20H23ClN2O4S/c1-4-27-16-8-5-14(6-9-16)22-19(24)12-28-13(2)20(25)23-15-7-10-18(26-3)17(21)11-15/h5-11,13H,4,12H2,1-3H3,(H,22,24)(H,23,25). The van der Waals surface area contributed by atoms with E-state index < -0.39 is 5.25 Å². The molecule has 0 aromatic heterocycles. The van der Waals surface area contributed by atoms with Crippen molar-refractivity contribution in [1.82, 2.24) is 0 Å². The predicted molar refractivity (Wildman–Crippen MR) is 115 cm³/mol. The summed E-state index contributed by atoms with van der Waals surface area (Å²) in [5.74, 6) is 1.05. The van der Waals surface area contributed by atoms with Crippen molar-refractivity contribution in [2.45, 2.75) is 19.1 Å². The molecule has 1 unspecified atom stereocenters. The highest BCUT2D eigenvalue weighted by Crippen LogP contribution is 2.27. The SMILES string of the molecule is CCOc1ccc(NC(=O)CSC(C)C(=O)Nc2ccc(OC)c(Cl)c2)cc1. The molecular formula is C20H23ClN2O4S. The smallest absolute Gasteiger partial charge is 0.237 e. The third kappa shape index (κ3) is 6.65. The number of methoxy groups -OCH3 is 1. The fraction of sp³-hybridized carbons (Fsp3) is 0.300. The zero-order valence-electron chi connectivity index (χ0n) is 16.0. The summed E-state index contributed by atoms with van der Waals surface area (Å²) < 4.78 is 10.4. The minimum Gasteiger partial charge on any atom is -0.495 e. The molecule has 0 aliphatic heterocycles. The fourth-order valence-electron chi connectivity index (χ4n) is 2.26. The largest absolute Gasteiger partial charge is 0.495 e.